The number of amides is 1. The van der Waals surface area contributed by atoms with E-state index in [4.69, 9.17) is 0 Å². The number of aliphatic hydroxyl groups excluding tert-OH is 1. The average molecular weight is 366 g/mol. The van der Waals surface area contributed by atoms with Crippen molar-refractivity contribution >= 4 is 39.3 Å². The van der Waals surface area contributed by atoms with Crippen LogP contribution >= 0.6 is 27.7 Å². The fraction of sp³-hybridized carbons (Fsp3) is 0.188. The third kappa shape index (κ3) is 4.59. The number of hydrogen-bond donors (Lipinski definition) is 2. The second-order valence-corrected chi connectivity index (χ2v) is 6.64. The predicted octanol–water partition coefficient (Wildman–Crippen LogP) is 4.61. The van der Waals surface area contributed by atoms with Crippen LogP contribution in [0.4, 0.5) is 5.69 Å². The minimum Gasteiger partial charge on any atom is -0.389 e. The van der Waals surface area contributed by atoms with Crippen molar-refractivity contribution in [1.29, 1.82) is 0 Å². The van der Waals surface area contributed by atoms with Crippen LogP contribution in [-0.2, 0) is 4.79 Å². The zero-order chi connectivity index (χ0) is 15.4. The quantitative estimate of drug-likeness (QED) is 0.831. The van der Waals surface area contributed by atoms with Gasteiger partial charge in [0.25, 0.3) is 0 Å². The highest BCUT2D eigenvalue weighted by Crippen LogP contribution is 2.35. The SMILES string of the molecule is CC(=O)Nc1ccc(Sc2ccc(C(C)O)cc2Br)cc1. The minimum atomic E-state index is -0.475. The van der Waals surface area contributed by atoms with Crippen LogP contribution in [0.25, 0.3) is 0 Å². The molecule has 110 valence electrons. The first kappa shape index (κ1) is 16.1. The van der Waals surface area contributed by atoms with Crippen LogP contribution in [0.2, 0.25) is 0 Å². The van der Waals surface area contributed by atoms with E-state index in [1.807, 2.05) is 42.5 Å². The second kappa shape index (κ2) is 7.11. The van der Waals surface area contributed by atoms with Crippen molar-refractivity contribution in [3.05, 3.63) is 52.5 Å². The fourth-order valence-electron chi connectivity index (χ4n) is 1.80. The highest BCUT2D eigenvalue weighted by atomic mass is 79.9. The van der Waals surface area contributed by atoms with Crippen LogP contribution < -0.4 is 5.32 Å². The Morgan fingerprint density at radius 3 is 2.43 bits per heavy atom. The summed E-state index contributed by atoms with van der Waals surface area (Å²) < 4.78 is 0.955. The van der Waals surface area contributed by atoms with Gasteiger partial charge in [-0.2, -0.15) is 0 Å². The zero-order valence-corrected chi connectivity index (χ0v) is 14.2. The molecule has 2 N–H and O–H groups in total. The van der Waals surface area contributed by atoms with E-state index in [-0.39, 0.29) is 5.91 Å². The summed E-state index contributed by atoms with van der Waals surface area (Å²) >= 11 is 5.15. The van der Waals surface area contributed by atoms with E-state index in [2.05, 4.69) is 21.2 Å². The van der Waals surface area contributed by atoms with E-state index in [0.717, 1.165) is 25.5 Å². The van der Waals surface area contributed by atoms with Gasteiger partial charge in [0, 0.05) is 26.9 Å². The highest BCUT2D eigenvalue weighted by molar-refractivity contribution is 9.10. The molecule has 0 saturated heterocycles. The van der Waals surface area contributed by atoms with Crippen LogP contribution in [0, 0.1) is 0 Å². The molecule has 2 rings (SSSR count). The molecular formula is C16H16BrNO2S. The van der Waals surface area contributed by atoms with Gasteiger partial charge >= 0.3 is 0 Å². The van der Waals surface area contributed by atoms with Crippen LogP contribution in [-0.4, -0.2) is 11.0 Å². The molecule has 1 unspecified atom stereocenters. The lowest BCUT2D eigenvalue weighted by atomic mass is 10.1. The van der Waals surface area contributed by atoms with Gasteiger partial charge in [-0.1, -0.05) is 17.8 Å². The topological polar surface area (TPSA) is 49.3 Å². The fourth-order valence-corrected chi connectivity index (χ4v) is 3.25. The van der Waals surface area contributed by atoms with Gasteiger partial charge in [0.1, 0.15) is 0 Å². The number of halogens is 1. The molecule has 1 amide bonds. The van der Waals surface area contributed by atoms with Gasteiger partial charge < -0.3 is 10.4 Å². The van der Waals surface area contributed by atoms with E-state index >= 15 is 0 Å². The van der Waals surface area contributed by atoms with Gasteiger partial charge in [0.15, 0.2) is 0 Å². The number of rotatable bonds is 4. The Balaban J connectivity index is 2.13. The summed E-state index contributed by atoms with van der Waals surface area (Å²) in [6, 6.07) is 13.5. The summed E-state index contributed by atoms with van der Waals surface area (Å²) in [5.41, 5.74) is 1.67. The Kier molecular flexibility index (Phi) is 5.45. The molecule has 0 radical (unpaired) electrons. The molecule has 2 aromatic rings. The van der Waals surface area contributed by atoms with Gasteiger partial charge in [-0.3, -0.25) is 4.79 Å². The predicted molar refractivity (Wildman–Crippen MR) is 89.6 cm³/mol. The maximum atomic E-state index is 11.0. The summed E-state index contributed by atoms with van der Waals surface area (Å²) in [5.74, 6) is -0.0770. The number of anilines is 1. The Labute approximate surface area is 136 Å². The smallest absolute Gasteiger partial charge is 0.221 e. The van der Waals surface area contributed by atoms with E-state index in [1.54, 1.807) is 18.7 Å². The van der Waals surface area contributed by atoms with Crippen molar-refractivity contribution < 1.29 is 9.90 Å². The molecule has 0 bridgehead atoms. The second-order valence-electron chi connectivity index (χ2n) is 4.67. The van der Waals surface area contributed by atoms with Gasteiger partial charge in [-0.05, 0) is 64.8 Å². The number of aliphatic hydroxyl groups is 1. The summed E-state index contributed by atoms with van der Waals surface area (Å²) in [6.45, 7) is 3.23. The van der Waals surface area contributed by atoms with Crippen molar-refractivity contribution in [2.45, 2.75) is 29.7 Å². The van der Waals surface area contributed by atoms with Crippen molar-refractivity contribution in [2.24, 2.45) is 0 Å². The number of hydrogen-bond acceptors (Lipinski definition) is 3. The van der Waals surface area contributed by atoms with Gasteiger partial charge in [0.05, 0.1) is 6.10 Å². The summed E-state index contributed by atoms with van der Waals surface area (Å²) in [4.78, 5) is 13.1. The van der Waals surface area contributed by atoms with Crippen molar-refractivity contribution in [2.75, 3.05) is 5.32 Å². The lowest BCUT2D eigenvalue weighted by Crippen LogP contribution is -2.05. The molecular weight excluding hydrogens is 350 g/mol. The van der Waals surface area contributed by atoms with E-state index in [1.165, 1.54) is 6.92 Å². The molecule has 0 saturated carbocycles. The highest BCUT2D eigenvalue weighted by Gasteiger charge is 2.07. The number of carbonyl (C=O) groups is 1. The van der Waals surface area contributed by atoms with Crippen LogP contribution in [0.15, 0.2) is 56.7 Å². The lowest BCUT2D eigenvalue weighted by molar-refractivity contribution is -0.114. The Hall–Kier alpha value is -1.30. The first-order valence-electron chi connectivity index (χ1n) is 6.48. The molecule has 0 aliphatic carbocycles. The molecule has 5 heteroatoms. The maximum Gasteiger partial charge on any atom is 0.221 e. The number of carbonyl (C=O) groups excluding carboxylic acids is 1. The summed E-state index contributed by atoms with van der Waals surface area (Å²) in [7, 11) is 0. The van der Waals surface area contributed by atoms with Crippen molar-refractivity contribution in [3.63, 3.8) is 0 Å². The summed E-state index contributed by atoms with van der Waals surface area (Å²) in [5, 5.41) is 12.3. The molecule has 0 aliphatic heterocycles. The van der Waals surface area contributed by atoms with Crippen LogP contribution in [0.3, 0.4) is 0 Å². The molecule has 21 heavy (non-hydrogen) atoms. The molecule has 3 nitrogen and oxygen atoms in total. The van der Waals surface area contributed by atoms with Gasteiger partial charge in [0.2, 0.25) is 5.91 Å². The molecule has 1 atom stereocenters. The largest absolute Gasteiger partial charge is 0.389 e. The molecule has 0 aromatic heterocycles. The van der Waals surface area contributed by atoms with Crippen molar-refractivity contribution in [3.8, 4) is 0 Å². The van der Waals surface area contributed by atoms with Crippen LogP contribution in [0.1, 0.15) is 25.5 Å². The monoisotopic (exact) mass is 365 g/mol. The first-order valence-corrected chi connectivity index (χ1v) is 8.09. The molecule has 0 spiro atoms. The van der Waals surface area contributed by atoms with Crippen LogP contribution in [0.5, 0.6) is 0 Å². The van der Waals surface area contributed by atoms with Gasteiger partial charge in [-0.15, -0.1) is 0 Å². The lowest BCUT2D eigenvalue weighted by Gasteiger charge is -2.09. The normalized spacial score (nSPS) is 12.0. The number of benzene rings is 2. The summed E-state index contributed by atoms with van der Waals surface area (Å²) in [6.07, 6.45) is -0.475. The average Bonchev–Trinajstić information content (AvgIpc) is 2.42. The zero-order valence-electron chi connectivity index (χ0n) is 11.8. The minimum absolute atomic E-state index is 0.0770. The number of nitrogens with one attached hydrogen (secondary N) is 1. The third-order valence-corrected chi connectivity index (χ3v) is 4.84. The maximum absolute atomic E-state index is 11.0. The van der Waals surface area contributed by atoms with Gasteiger partial charge in [-0.25, -0.2) is 0 Å². The standard InChI is InChI=1S/C16H16BrNO2S/c1-10(19)12-3-8-16(15(17)9-12)21-14-6-4-13(5-7-14)18-11(2)20/h3-10,19H,1-2H3,(H,18,20). The molecule has 0 fully saturated rings. The van der Waals surface area contributed by atoms with Crippen molar-refractivity contribution in [1.82, 2.24) is 0 Å². The third-order valence-electron chi connectivity index (χ3n) is 2.84. The van der Waals surface area contributed by atoms with E-state index in [9.17, 15) is 9.90 Å². The van der Waals surface area contributed by atoms with E-state index in [0.29, 0.717) is 0 Å². The Morgan fingerprint density at radius 1 is 1.24 bits per heavy atom. The first-order chi connectivity index (χ1) is 9.95. The molecule has 0 heterocycles. The molecule has 0 aliphatic rings. The Bertz CT molecular complexity index is 641. The molecule has 2 aromatic carbocycles. The Morgan fingerprint density at radius 2 is 1.90 bits per heavy atom. The van der Waals surface area contributed by atoms with E-state index < -0.39 is 6.10 Å².